The highest BCUT2D eigenvalue weighted by atomic mass is 19.4. The first-order valence-electron chi connectivity index (χ1n) is 7.02. The Morgan fingerprint density at radius 2 is 1.65 bits per heavy atom. The first-order chi connectivity index (χ1) is 10.9. The van der Waals surface area contributed by atoms with Crippen molar-refractivity contribution in [1.29, 1.82) is 0 Å². The van der Waals surface area contributed by atoms with Crippen molar-refractivity contribution in [1.82, 2.24) is 5.32 Å². The molecule has 0 saturated carbocycles. The summed E-state index contributed by atoms with van der Waals surface area (Å²) in [6.07, 6.45) is -4.91. The van der Waals surface area contributed by atoms with E-state index in [2.05, 4.69) is 5.32 Å². The van der Waals surface area contributed by atoms with Gasteiger partial charge in [0.15, 0.2) is 0 Å². The smallest absolute Gasteiger partial charge is 0.394 e. The molecule has 1 atom stereocenters. The standard InChI is InChI=1S/C17H16F3NO2/c18-17(19,20)14-9-5-4-8-13(14)10-16(23)21-15(11-22)12-6-2-1-3-7-12/h1-9,15,22H,10-11H2,(H,21,23). The van der Waals surface area contributed by atoms with E-state index in [0.717, 1.165) is 6.07 Å². The molecule has 6 heteroatoms. The third-order valence-corrected chi connectivity index (χ3v) is 3.39. The van der Waals surface area contributed by atoms with Crippen molar-refractivity contribution in [3.05, 3.63) is 71.3 Å². The fraction of sp³-hybridized carbons (Fsp3) is 0.235. The van der Waals surface area contributed by atoms with E-state index < -0.39 is 30.1 Å². The number of rotatable bonds is 5. The molecular formula is C17H16F3NO2. The van der Waals surface area contributed by atoms with Gasteiger partial charge in [0.2, 0.25) is 5.91 Å². The van der Waals surface area contributed by atoms with Gasteiger partial charge in [-0.05, 0) is 17.2 Å². The lowest BCUT2D eigenvalue weighted by Gasteiger charge is -2.18. The molecule has 0 fully saturated rings. The van der Waals surface area contributed by atoms with E-state index in [1.54, 1.807) is 30.3 Å². The molecule has 0 aliphatic rings. The Labute approximate surface area is 131 Å². The van der Waals surface area contributed by atoms with Gasteiger partial charge in [0, 0.05) is 0 Å². The van der Waals surface area contributed by atoms with Crippen LogP contribution in [0.5, 0.6) is 0 Å². The van der Waals surface area contributed by atoms with Gasteiger partial charge >= 0.3 is 6.18 Å². The van der Waals surface area contributed by atoms with Crippen LogP contribution >= 0.6 is 0 Å². The number of nitrogens with one attached hydrogen (secondary N) is 1. The number of aliphatic hydroxyl groups is 1. The highest BCUT2D eigenvalue weighted by Crippen LogP contribution is 2.32. The van der Waals surface area contributed by atoms with Crippen LogP contribution in [-0.2, 0) is 17.4 Å². The quantitative estimate of drug-likeness (QED) is 0.888. The molecule has 1 unspecified atom stereocenters. The second kappa shape index (κ2) is 7.28. The van der Waals surface area contributed by atoms with Crippen molar-refractivity contribution in [3.8, 4) is 0 Å². The molecule has 0 spiro atoms. The summed E-state index contributed by atoms with van der Waals surface area (Å²) in [5, 5.41) is 11.9. The lowest BCUT2D eigenvalue weighted by molar-refractivity contribution is -0.138. The second-order valence-electron chi connectivity index (χ2n) is 5.05. The van der Waals surface area contributed by atoms with Crippen LogP contribution in [0.1, 0.15) is 22.7 Å². The molecule has 2 aromatic rings. The van der Waals surface area contributed by atoms with E-state index in [1.807, 2.05) is 0 Å². The summed E-state index contributed by atoms with van der Waals surface area (Å²) in [7, 11) is 0. The van der Waals surface area contributed by atoms with E-state index in [1.165, 1.54) is 18.2 Å². The number of aliphatic hydroxyl groups excluding tert-OH is 1. The lowest BCUT2D eigenvalue weighted by atomic mass is 10.0. The van der Waals surface area contributed by atoms with Gasteiger partial charge in [-0.3, -0.25) is 4.79 Å². The summed E-state index contributed by atoms with van der Waals surface area (Å²) in [6, 6.07) is 13.1. The van der Waals surface area contributed by atoms with Gasteiger partial charge < -0.3 is 10.4 Å². The van der Waals surface area contributed by atoms with E-state index >= 15 is 0 Å². The number of amides is 1. The average molecular weight is 323 g/mol. The monoisotopic (exact) mass is 323 g/mol. The molecule has 0 aliphatic heterocycles. The van der Waals surface area contributed by atoms with Gasteiger partial charge in [-0.25, -0.2) is 0 Å². The topological polar surface area (TPSA) is 49.3 Å². The molecule has 2 rings (SSSR count). The van der Waals surface area contributed by atoms with E-state index in [0.29, 0.717) is 5.56 Å². The Bertz CT molecular complexity index is 656. The lowest BCUT2D eigenvalue weighted by Crippen LogP contribution is -2.32. The van der Waals surface area contributed by atoms with Crippen molar-refractivity contribution in [2.45, 2.75) is 18.6 Å². The van der Waals surface area contributed by atoms with Crippen molar-refractivity contribution in [3.63, 3.8) is 0 Å². The molecule has 0 heterocycles. The normalized spacial score (nSPS) is 12.7. The Morgan fingerprint density at radius 1 is 1.04 bits per heavy atom. The summed E-state index contributed by atoms with van der Waals surface area (Å²) in [5.41, 5.74) is -0.231. The van der Waals surface area contributed by atoms with Crippen LogP contribution in [0.15, 0.2) is 54.6 Å². The summed E-state index contributed by atoms with van der Waals surface area (Å²) < 4.78 is 38.8. The minimum atomic E-state index is -4.51. The molecule has 0 aromatic heterocycles. The molecule has 0 saturated heterocycles. The SMILES string of the molecule is O=C(Cc1ccccc1C(F)(F)F)NC(CO)c1ccccc1. The van der Waals surface area contributed by atoms with E-state index in [-0.39, 0.29) is 12.2 Å². The Kier molecular flexibility index (Phi) is 5.39. The predicted molar refractivity (Wildman–Crippen MR) is 79.6 cm³/mol. The Balaban J connectivity index is 2.11. The van der Waals surface area contributed by atoms with Gasteiger partial charge in [-0.1, -0.05) is 48.5 Å². The average Bonchev–Trinajstić information content (AvgIpc) is 2.53. The summed E-state index contributed by atoms with van der Waals surface area (Å²) >= 11 is 0. The molecule has 0 bridgehead atoms. The Morgan fingerprint density at radius 3 is 2.26 bits per heavy atom. The number of benzene rings is 2. The fourth-order valence-corrected chi connectivity index (χ4v) is 2.29. The van der Waals surface area contributed by atoms with Crippen LogP contribution < -0.4 is 5.32 Å². The van der Waals surface area contributed by atoms with Gasteiger partial charge in [-0.2, -0.15) is 13.2 Å². The molecule has 0 radical (unpaired) electrons. The maximum absolute atomic E-state index is 12.9. The first-order valence-corrected chi connectivity index (χ1v) is 7.02. The fourth-order valence-electron chi connectivity index (χ4n) is 2.29. The molecule has 23 heavy (non-hydrogen) atoms. The maximum atomic E-state index is 12.9. The van der Waals surface area contributed by atoms with E-state index in [9.17, 15) is 23.1 Å². The zero-order valence-electron chi connectivity index (χ0n) is 12.2. The third-order valence-electron chi connectivity index (χ3n) is 3.39. The largest absolute Gasteiger partial charge is 0.416 e. The van der Waals surface area contributed by atoms with Crippen LogP contribution in [0.4, 0.5) is 13.2 Å². The molecule has 122 valence electrons. The highest BCUT2D eigenvalue weighted by Gasteiger charge is 2.33. The van der Waals surface area contributed by atoms with Crippen LogP contribution in [-0.4, -0.2) is 17.6 Å². The van der Waals surface area contributed by atoms with Crippen molar-refractivity contribution < 1.29 is 23.1 Å². The first kappa shape index (κ1) is 17.0. The van der Waals surface area contributed by atoms with Gasteiger partial charge in [0.05, 0.1) is 24.6 Å². The van der Waals surface area contributed by atoms with Gasteiger partial charge in [-0.15, -0.1) is 0 Å². The van der Waals surface area contributed by atoms with Crippen LogP contribution in [0.25, 0.3) is 0 Å². The molecule has 3 nitrogen and oxygen atoms in total. The van der Waals surface area contributed by atoms with Crippen LogP contribution in [0.2, 0.25) is 0 Å². The number of carbonyl (C=O) groups excluding carboxylic acids is 1. The number of carbonyl (C=O) groups is 1. The van der Waals surface area contributed by atoms with Crippen molar-refractivity contribution in [2.75, 3.05) is 6.61 Å². The molecule has 1 amide bonds. The molecule has 2 N–H and O–H groups in total. The summed E-state index contributed by atoms with van der Waals surface area (Å²) in [6.45, 7) is -0.337. The Hall–Kier alpha value is -2.34. The van der Waals surface area contributed by atoms with Gasteiger partial charge in [0.25, 0.3) is 0 Å². The minimum Gasteiger partial charge on any atom is -0.394 e. The maximum Gasteiger partial charge on any atom is 0.416 e. The zero-order chi connectivity index (χ0) is 16.9. The van der Waals surface area contributed by atoms with Crippen molar-refractivity contribution in [2.24, 2.45) is 0 Å². The molecule has 0 aliphatic carbocycles. The van der Waals surface area contributed by atoms with Crippen LogP contribution in [0.3, 0.4) is 0 Å². The van der Waals surface area contributed by atoms with Crippen LogP contribution in [0, 0.1) is 0 Å². The van der Waals surface area contributed by atoms with Gasteiger partial charge in [0.1, 0.15) is 0 Å². The summed E-state index contributed by atoms with van der Waals surface area (Å²) in [4.78, 5) is 12.0. The molecule has 2 aromatic carbocycles. The number of hydrogen-bond acceptors (Lipinski definition) is 2. The second-order valence-corrected chi connectivity index (χ2v) is 5.05. The minimum absolute atomic E-state index is 0.0951. The number of alkyl halides is 3. The van der Waals surface area contributed by atoms with Crippen molar-refractivity contribution >= 4 is 5.91 Å². The third kappa shape index (κ3) is 4.56. The number of hydrogen-bond donors (Lipinski definition) is 2. The number of halogens is 3. The molecular weight excluding hydrogens is 307 g/mol. The predicted octanol–water partition coefficient (Wildman–Crippen LogP) is 3.10. The highest BCUT2D eigenvalue weighted by molar-refractivity contribution is 5.79. The zero-order valence-corrected chi connectivity index (χ0v) is 12.2. The van der Waals surface area contributed by atoms with E-state index in [4.69, 9.17) is 0 Å². The summed E-state index contributed by atoms with van der Waals surface area (Å²) in [5.74, 6) is -0.579.